The zero-order valence-corrected chi connectivity index (χ0v) is 13.7. The van der Waals surface area contributed by atoms with Crippen molar-refractivity contribution >= 4 is 40.5 Å². The normalized spacial score (nSPS) is 11.7. The molecule has 0 amide bonds. The Morgan fingerprint density at radius 1 is 0.667 bits per heavy atom. The summed E-state index contributed by atoms with van der Waals surface area (Å²) in [6.45, 7) is 0. The van der Waals surface area contributed by atoms with E-state index in [0.717, 1.165) is 24.3 Å². The van der Waals surface area contributed by atoms with Crippen LogP contribution in [-0.2, 0) is 12.4 Å². The molecule has 0 aliphatic heterocycles. The molecule has 0 bridgehead atoms. The number of benzene rings is 2. The molecule has 2 N–H and O–H groups in total. The Bertz CT molecular complexity index is 651. The molecule has 0 radical (unpaired) electrons. The van der Waals surface area contributed by atoms with Crippen LogP contribution in [0, 0.1) is 0 Å². The van der Waals surface area contributed by atoms with E-state index in [4.69, 9.17) is 40.5 Å². The lowest BCUT2D eigenvalue weighted by Crippen LogP contribution is -2.06. The molecule has 0 spiro atoms. The van der Waals surface area contributed by atoms with Crippen LogP contribution >= 0.6 is 34.8 Å². The van der Waals surface area contributed by atoms with Gasteiger partial charge in [-0.2, -0.15) is 26.3 Å². The predicted octanol–water partition coefficient (Wildman–Crippen LogP) is 6.95. The van der Waals surface area contributed by atoms with Gasteiger partial charge >= 0.3 is 12.4 Å². The molecule has 1 nitrogen and oxygen atoms in total. The van der Waals surface area contributed by atoms with E-state index >= 15 is 0 Å². The van der Waals surface area contributed by atoms with Gasteiger partial charge in [0.05, 0.1) is 21.2 Å². The van der Waals surface area contributed by atoms with Gasteiger partial charge in [0.1, 0.15) is 0 Å². The topological polar surface area (TPSA) is 26.0 Å². The quantitative estimate of drug-likeness (QED) is 0.369. The van der Waals surface area contributed by atoms with Crippen molar-refractivity contribution in [2.75, 3.05) is 5.73 Å². The van der Waals surface area contributed by atoms with Crippen LogP contribution in [0.3, 0.4) is 0 Å². The van der Waals surface area contributed by atoms with Crippen LogP contribution in [0.5, 0.6) is 0 Å². The second kappa shape index (κ2) is 7.72. The van der Waals surface area contributed by atoms with Crippen LogP contribution in [0.1, 0.15) is 11.1 Å². The van der Waals surface area contributed by atoms with Crippen molar-refractivity contribution in [3.63, 3.8) is 0 Å². The van der Waals surface area contributed by atoms with Gasteiger partial charge < -0.3 is 5.73 Å². The Morgan fingerprint density at radius 2 is 1.08 bits per heavy atom. The molecule has 0 unspecified atom stereocenters. The number of halogens is 9. The number of hydrogen-bond donors (Lipinski definition) is 1. The summed E-state index contributed by atoms with van der Waals surface area (Å²) in [5.74, 6) is 0. The molecule has 0 saturated heterocycles. The van der Waals surface area contributed by atoms with E-state index < -0.39 is 23.5 Å². The zero-order valence-electron chi connectivity index (χ0n) is 11.4. The maximum atomic E-state index is 12.1. The predicted molar refractivity (Wildman–Crippen MR) is 82.3 cm³/mol. The highest BCUT2D eigenvalue weighted by molar-refractivity contribution is 6.33. The van der Waals surface area contributed by atoms with Crippen LogP contribution in [0.2, 0.25) is 15.1 Å². The standard InChI is InChI=1S/C7H3Cl2F3.C7H5ClF3N/c8-4-1-2-6(9)5(3-4)7(10,11)12;8-6-2-1-4(12)3-5(6)7(9,10)11/h1-3H;1-3H,12H2. The molecular weight excluding hydrogens is 403 g/mol. The van der Waals surface area contributed by atoms with Crippen LogP contribution < -0.4 is 5.73 Å². The first-order chi connectivity index (χ1) is 10.8. The summed E-state index contributed by atoms with van der Waals surface area (Å²) < 4.78 is 72.5. The highest BCUT2D eigenvalue weighted by atomic mass is 35.5. The molecule has 2 aromatic rings. The lowest BCUT2D eigenvalue weighted by atomic mass is 10.2. The molecule has 2 aromatic carbocycles. The third-order valence-electron chi connectivity index (χ3n) is 2.53. The van der Waals surface area contributed by atoms with Gasteiger partial charge in [-0.15, -0.1) is 0 Å². The first-order valence-electron chi connectivity index (χ1n) is 5.97. The molecule has 0 heterocycles. The van der Waals surface area contributed by atoms with Crippen molar-refractivity contribution in [2.24, 2.45) is 0 Å². The summed E-state index contributed by atoms with van der Waals surface area (Å²) in [5.41, 5.74) is 3.41. The number of anilines is 1. The van der Waals surface area contributed by atoms with Gasteiger partial charge in [-0.3, -0.25) is 0 Å². The minimum Gasteiger partial charge on any atom is -0.399 e. The van der Waals surface area contributed by atoms with E-state index in [1.807, 2.05) is 0 Å². The fourth-order valence-corrected chi connectivity index (χ4v) is 2.10. The Morgan fingerprint density at radius 3 is 1.46 bits per heavy atom. The maximum absolute atomic E-state index is 12.1. The second-order valence-corrected chi connectivity index (χ2v) is 5.61. The maximum Gasteiger partial charge on any atom is 0.417 e. The van der Waals surface area contributed by atoms with Gasteiger partial charge in [0.2, 0.25) is 0 Å². The van der Waals surface area contributed by atoms with E-state index in [0.29, 0.717) is 0 Å². The molecule has 24 heavy (non-hydrogen) atoms. The molecule has 0 atom stereocenters. The lowest BCUT2D eigenvalue weighted by Gasteiger charge is -2.08. The molecule has 0 aromatic heterocycles. The minimum absolute atomic E-state index is 0.0201. The van der Waals surface area contributed by atoms with E-state index in [1.54, 1.807) is 0 Å². The number of rotatable bonds is 0. The Hall–Kier alpha value is -1.31. The van der Waals surface area contributed by atoms with Gasteiger partial charge in [0.25, 0.3) is 0 Å². The molecule has 0 aliphatic rings. The fraction of sp³-hybridized carbons (Fsp3) is 0.143. The van der Waals surface area contributed by atoms with Gasteiger partial charge in [-0.05, 0) is 36.4 Å². The number of alkyl halides is 6. The summed E-state index contributed by atoms with van der Waals surface area (Å²) in [7, 11) is 0. The van der Waals surface area contributed by atoms with Gasteiger partial charge in [-0.1, -0.05) is 34.8 Å². The summed E-state index contributed by atoms with van der Waals surface area (Å²) in [5, 5.41) is -0.657. The first kappa shape index (κ1) is 20.7. The van der Waals surface area contributed by atoms with Crippen LogP contribution in [-0.4, -0.2) is 0 Å². The van der Waals surface area contributed by atoms with Gasteiger partial charge in [-0.25, -0.2) is 0 Å². The van der Waals surface area contributed by atoms with Crippen molar-refractivity contribution in [3.8, 4) is 0 Å². The number of nitrogen functional groups attached to an aromatic ring is 1. The van der Waals surface area contributed by atoms with Gasteiger partial charge in [0.15, 0.2) is 0 Å². The highest BCUT2D eigenvalue weighted by Crippen LogP contribution is 2.36. The highest BCUT2D eigenvalue weighted by Gasteiger charge is 2.33. The average molecular weight is 411 g/mol. The largest absolute Gasteiger partial charge is 0.417 e. The van der Waals surface area contributed by atoms with Crippen LogP contribution in [0.25, 0.3) is 0 Å². The van der Waals surface area contributed by atoms with E-state index in [9.17, 15) is 26.3 Å². The van der Waals surface area contributed by atoms with Crippen molar-refractivity contribution in [3.05, 3.63) is 62.6 Å². The Kier molecular flexibility index (Phi) is 6.67. The molecule has 0 saturated carbocycles. The first-order valence-corrected chi connectivity index (χ1v) is 7.10. The van der Waals surface area contributed by atoms with Crippen molar-refractivity contribution in [1.29, 1.82) is 0 Å². The molecule has 10 heteroatoms. The molecule has 2 rings (SSSR count). The molecule has 0 fully saturated rings. The van der Waals surface area contributed by atoms with Crippen molar-refractivity contribution in [2.45, 2.75) is 12.4 Å². The fourth-order valence-electron chi connectivity index (χ4n) is 1.47. The third-order valence-corrected chi connectivity index (χ3v) is 3.42. The van der Waals surface area contributed by atoms with Crippen LogP contribution in [0.15, 0.2) is 36.4 Å². The Balaban J connectivity index is 0.000000240. The summed E-state index contributed by atoms with van der Waals surface area (Å²) in [6, 6.07) is 6.47. The van der Waals surface area contributed by atoms with Gasteiger partial charge in [0, 0.05) is 10.7 Å². The summed E-state index contributed by atoms with van der Waals surface area (Å²) in [6.07, 6.45) is -8.88. The average Bonchev–Trinajstić information content (AvgIpc) is 2.42. The summed E-state index contributed by atoms with van der Waals surface area (Å²) >= 11 is 16.0. The smallest absolute Gasteiger partial charge is 0.399 e. The minimum atomic E-state index is -4.44. The molecule has 132 valence electrons. The summed E-state index contributed by atoms with van der Waals surface area (Å²) in [4.78, 5) is 0. The Labute approximate surface area is 147 Å². The second-order valence-electron chi connectivity index (χ2n) is 4.36. The van der Waals surface area contributed by atoms with E-state index in [2.05, 4.69) is 0 Å². The number of nitrogens with two attached hydrogens (primary N) is 1. The SMILES string of the molecule is FC(F)(F)c1cc(Cl)ccc1Cl.Nc1ccc(Cl)c(C(F)(F)F)c1. The van der Waals surface area contributed by atoms with Crippen LogP contribution in [0.4, 0.5) is 32.0 Å². The van der Waals surface area contributed by atoms with Crippen molar-refractivity contribution < 1.29 is 26.3 Å². The van der Waals surface area contributed by atoms with Crippen molar-refractivity contribution in [1.82, 2.24) is 0 Å². The monoisotopic (exact) mass is 409 g/mol. The molecule has 0 aliphatic carbocycles. The zero-order chi connectivity index (χ0) is 18.7. The van der Waals surface area contributed by atoms with E-state index in [-0.39, 0.29) is 20.8 Å². The van der Waals surface area contributed by atoms with E-state index in [1.165, 1.54) is 12.1 Å². The molecular formula is C14H8Cl3F6N. The number of hydrogen-bond acceptors (Lipinski definition) is 1. The third kappa shape index (κ3) is 5.96. The lowest BCUT2D eigenvalue weighted by molar-refractivity contribution is -0.138.